The number of hydrogen-bond acceptors (Lipinski definition) is 1. The summed E-state index contributed by atoms with van der Waals surface area (Å²) in [4.78, 5) is 0. The molecule has 0 atom stereocenters. The molecule has 14 heavy (non-hydrogen) atoms. The molecule has 0 aromatic heterocycles. The molecule has 0 spiro atoms. The smallest absolute Gasteiger partial charge is 0.176 e. The molecule has 1 nitrogen and oxygen atoms in total. The fourth-order valence-corrected chi connectivity index (χ4v) is 1.86. The van der Waals surface area contributed by atoms with Crippen LogP contribution in [0.1, 0.15) is 0 Å². The lowest BCUT2D eigenvalue weighted by atomic mass is 10.1. The number of phenols is 1. The molecule has 0 saturated heterocycles. The minimum atomic E-state index is 0.301. The molecule has 0 bridgehead atoms. The first kappa shape index (κ1) is 9.33. The van der Waals surface area contributed by atoms with E-state index >= 15 is 0 Å². The van der Waals surface area contributed by atoms with Gasteiger partial charge in [-0.2, -0.15) is 0 Å². The van der Waals surface area contributed by atoms with E-state index < -0.39 is 0 Å². The average molecular weight is 196 g/mol. The summed E-state index contributed by atoms with van der Waals surface area (Å²) in [6.07, 6.45) is 0. The number of benzene rings is 2. The normalized spacial score (nSPS) is 10.0. The van der Waals surface area contributed by atoms with Crippen LogP contribution in [0, 0.1) is 0 Å². The van der Waals surface area contributed by atoms with Gasteiger partial charge in [-0.05, 0) is 23.3 Å². The monoisotopic (exact) mass is 196 g/mol. The third-order valence-corrected chi connectivity index (χ3v) is 2.60. The van der Waals surface area contributed by atoms with Crippen LogP contribution in [0.3, 0.4) is 0 Å². The molecule has 0 heterocycles. The number of phenolic OH excluding ortho intramolecular Hbond substituents is 1. The Labute approximate surface area is 91.4 Å². The zero-order chi connectivity index (χ0) is 9.97. The molecule has 2 aromatic rings. The summed E-state index contributed by atoms with van der Waals surface area (Å²) >= 11 is 2.63. The number of hydrogen-bond donors (Lipinski definition) is 1. The van der Waals surface area contributed by atoms with Gasteiger partial charge in [-0.1, -0.05) is 36.4 Å². The summed E-state index contributed by atoms with van der Waals surface area (Å²) in [6.45, 7) is 0. The van der Waals surface area contributed by atoms with Gasteiger partial charge in [0, 0.05) is 0 Å². The molecule has 0 saturated carbocycles. The highest BCUT2D eigenvalue weighted by atomic mass is 27.0. The van der Waals surface area contributed by atoms with Crippen LogP contribution < -0.4 is 4.43 Å². The van der Waals surface area contributed by atoms with E-state index in [2.05, 4.69) is 28.4 Å². The van der Waals surface area contributed by atoms with Crippen molar-refractivity contribution >= 4 is 20.7 Å². The van der Waals surface area contributed by atoms with Gasteiger partial charge in [0.05, 0.1) is 0 Å². The van der Waals surface area contributed by atoms with Crippen LogP contribution in [-0.4, -0.2) is 21.4 Å². The molecule has 1 N–H and O–H groups in total. The molecule has 0 aliphatic rings. The Morgan fingerprint density at radius 2 is 1.64 bits per heavy atom. The third-order valence-electron chi connectivity index (χ3n) is 2.12. The van der Waals surface area contributed by atoms with Crippen molar-refractivity contribution < 1.29 is 5.11 Å². The second-order valence-electron chi connectivity index (χ2n) is 3.14. The van der Waals surface area contributed by atoms with Crippen LogP contribution in [0.4, 0.5) is 0 Å². The molecule has 2 radical (unpaired) electrons. The highest BCUT2D eigenvalue weighted by Gasteiger charge is 1.99. The van der Waals surface area contributed by atoms with E-state index in [9.17, 15) is 5.11 Å². The molecule has 0 fully saturated rings. The first-order valence-corrected chi connectivity index (χ1v) is 4.99. The molecule has 2 rings (SSSR count). The Morgan fingerprint density at radius 3 is 2.29 bits per heavy atom. The van der Waals surface area contributed by atoms with Crippen LogP contribution in [0.25, 0.3) is 11.1 Å². The van der Waals surface area contributed by atoms with Crippen LogP contribution in [0.15, 0.2) is 48.5 Å². The van der Waals surface area contributed by atoms with Crippen molar-refractivity contribution in [2.24, 2.45) is 0 Å². The van der Waals surface area contributed by atoms with E-state index in [4.69, 9.17) is 0 Å². The van der Waals surface area contributed by atoms with Crippen molar-refractivity contribution in [1.29, 1.82) is 0 Å². The van der Waals surface area contributed by atoms with Gasteiger partial charge >= 0.3 is 0 Å². The zero-order valence-electron chi connectivity index (χ0n) is 7.64. The maximum Gasteiger partial charge on any atom is 0.176 e. The van der Waals surface area contributed by atoms with E-state index in [0.717, 1.165) is 15.6 Å². The summed E-state index contributed by atoms with van der Waals surface area (Å²) in [5, 5.41) is 9.27. The van der Waals surface area contributed by atoms with Gasteiger partial charge in [-0.15, -0.1) is 4.43 Å². The molecule has 0 aliphatic carbocycles. The summed E-state index contributed by atoms with van der Waals surface area (Å²) in [6, 6.07) is 15.5. The Bertz CT molecular complexity index is 437. The van der Waals surface area contributed by atoms with Gasteiger partial charge in [0.25, 0.3) is 0 Å². The quantitative estimate of drug-likeness (QED) is 0.690. The molecule has 0 amide bonds. The zero-order valence-corrected chi connectivity index (χ0v) is 8.80. The van der Waals surface area contributed by atoms with Crippen molar-refractivity contribution in [1.82, 2.24) is 0 Å². The molecule has 0 unspecified atom stereocenters. The Hall–Kier alpha value is -1.23. The van der Waals surface area contributed by atoms with Gasteiger partial charge in [0.15, 0.2) is 16.3 Å². The summed E-state index contributed by atoms with van der Waals surface area (Å²) in [5.74, 6) is 0.301. The topological polar surface area (TPSA) is 20.2 Å². The predicted molar refractivity (Wildman–Crippen MR) is 58.9 cm³/mol. The Balaban J connectivity index is 2.53. The van der Waals surface area contributed by atoms with Gasteiger partial charge in [0.1, 0.15) is 5.75 Å². The van der Waals surface area contributed by atoms with E-state index in [1.54, 1.807) is 12.1 Å². The molecular formula is C12H9AlO. The second-order valence-corrected chi connectivity index (χ2v) is 3.76. The van der Waals surface area contributed by atoms with Crippen LogP contribution >= 0.6 is 0 Å². The third kappa shape index (κ3) is 1.82. The maximum atomic E-state index is 9.27. The lowest BCUT2D eigenvalue weighted by Gasteiger charge is -2.06. The highest BCUT2D eigenvalue weighted by Crippen LogP contribution is 2.18. The van der Waals surface area contributed by atoms with E-state index in [0.29, 0.717) is 5.75 Å². The fraction of sp³-hybridized carbons (Fsp3) is 0. The van der Waals surface area contributed by atoms with Crippen molar-refractivity contribution in [3.63, 3.8) is 0 Å². The average Bonchev–Trinajstić information content (AvgIpc) is 2.19. The van der Waals surface area contributed by atoms with Gasteiger partial charge in [-0.3, -0.25) is 0 Å². The summed E-state index contributed by atoms with van der Waals surface area (Å²) in [7, 11) is 0. The molecule has 0 aliphatic heterocycles. The van der Waals surface area contributed by atoms with Crippen LogP contribution in [-0.2, 0) is 0 Å². The van der Waals surface area contributed by atoms with Gasteiger partial charge in [-0.25, -0.2) is 0 Å². The van der Waals surface area contributed by atoms with Crippen molar-refractivity contribution in [2.75, 3.05) is 0 Å². The Kier molecular flexibility index (Phi) is 2.58. The first-order chi connectivity index (χ1) is 6.77. The van der Waals surface area contributed by atoms with E-state index in [1.807, 2.05) is 24.3 Å². The SMILES string of the molecule is Oc1ccc(-c2ccccc2)[c]([Al])c1. The van der Waals surface area contributed by atoms with Crippen LogP contribution in [0.2, 0.25) is 0 Å². The minimum absolute atomic E-state index is 0.301. The lowest BCUT2D eigenvalue weighted by molar-refractivity contribution is 0.476. The standard InChI is InChI=1S/C12H9O.Al/c13-12-8-6-11(7-9-12)10-4-2-1-3-5-10;/h1-6,8-9,13H;. The van der Waals surface area contributed by atoms with Crippen LogP contribution in [0.5, 0.6) is 5.75 Å². The van der Waals surface area contributed by atoms with Crippen molar-refractivity contribution in [2.45, 2.75) is 0 Å². The highest BCUT2D eigenvalue weighted by molar-refractivity contribution is 6.36. The first-order valence-electron chi connectivity index (χ1n) is 4.41. The predicted octanol–water partition coefficient (Wildman–Crippen LogP) is 1.85. The van der Waals surface area contributed by atoms with E-state index in [-0.39, 0.29) is 0 Å². The summed E-state index contributed by atoms with van der Waals surface area (Å²) < 4.78 is 1.01. The fourth-order valence-electron chi connectivity index (χ4n) is 1.43. The number of aromatic hydroxyl groups is 1. The van der Waals surface area contributed by atoms with E-state index in [1.165, 1.54) is 0 Å². The van der Waals surface area contributed by atoms with Crippen molar-refractivity contribution in [3.8, 4) is 16.9 Å². The largest absolute Gasteiger partial charge is 0.508 e. The Morgan fingerprint density at radius 1 is 0.929 bits per heavy atom. The second kappa shape index (κ2) is 3.88. The summed E-state index contributed by atoms with van der Waals surface area (Å²) in [5.41, 5.74) is 2.30. The van der Waals surface area contributed by atoms with Gasteiger partial charge in [0.2, 0.25) is 0 Å². The maximum absolute atomic E-state index is 9.27. The minimum Gasteiger partial charge on any atom is -0.508 e. The number of rotatable bonds is 1. The molecular weight excluding hydrogens is 187 g/mol. The van der Waals surface area contributed by atoms with Crippen molar-refractivity contribution in [3.05, 3.63) is 48.5 Å². The van der Waals surface area contributed by atoms with Gasteiger partial charge < -0.3 is 5.11 Å². The lowest BCUT2D eigenvalue weighted by Crippen LogP contribution is -2.05. The molecule has 2 aromatic carbocycles. The molecule has 2 heteroatoms. The molecule has 66 valence electrons.